The Bertz CT molecular complexity index is 757. The van der Waals surface area contributed by atoms with Crippen molar-refractivity contribution in [2.75, 3.05) is 32.8 Å². The van der Waals surface area contributed by atoms with Crippen LogP contribution in [0.3, 0.4) is 0 Å². The second-order valence-electron chi connectivity index (χ2n) is 6.79. The summed E-state index contributed by atoms with van der Waals surface area (Å²) in [6.45, 7) is 6.09. The van der Waals surface area contributed by atoms with E-state index in [1.165, 1.54) is 10.4 Å². The molecule has 2 aliphatic heterocycles. The van der Waals surface area contributed by atoms with Gasteiger partial charge in [0.15, 0.2) is 6.29 Å². The summed E-state index contributed by atoms with van der Waals surface area (Å²) in [5.74, 6) is -0.171. The van der Waals surface area contributed by atoms with Gasteiger partial charge < -0.3 is 14.4 Å². The zero-order valence-electron chi connectivity index (χ0n) is 16.0. The molecule has 1 unspecified atom stereocenters. The highest BCUT2D eigenvalue weighted by Crippen LogP contribution is 2.27. The Morgan fingerprint density at radius 1 is 1.19 bits per heavy atom. The minimum absolute atomic E-state index is 0.128. The maximum atomic E-state index is 13.2. The predicted molar refractivity (Wildman–Crippen MR) is 101 cm³/mol. The molecule has 3 rings (SSSR count). The van der Waals surface area contributed by atoms with E-state index in [2.05, 4.69) is 0 Å². The van der Waals surface area contributed by atoms with Crippen molar-refractivity contribution in [1.29, 1.82) is 0 Å². The van der Waals surface area contributed by atoms with Crippen molar-refractivity contribution < 1.29 is 22.7 Å². The molecule has 0 aromatic heterocycles. The largest absolute Gasteiger partial charge is 0.348 e. The van der Waals surface area contributed by atoms with E-state index in [9.17, 15) is 13.2 Å². The SMILES string of the molecule is CCN(CC)S(=O)(=O)c1cccc(C(=O)N2CCCCC2C2OCCO2)c1. The fourth-order valence-corrected chi connectivity index (χ4v) is 5.26. The monoisotopic (exact) mass is 396 g/mol. The second-order valence-corrected chi connectivity index (χ2v) is 8.73. The standard InChI is InChI=1S/C19H28N2O5S/c1-3-20(4-2)27(23,24)16-9-7-8-15(14-16)18(22)21-11-6-5-10-17(21)19-25-12-13-26-19/h7-9,14,17,19H,3-6,10-13H2,1-2H3. The van der Waals surface area contributed by atoms with Crippen molar-refractivity contribution in [3.05, 3.63) is 29.8 Å². The van der Waals surface area contributed by atoms with E-state index in [4.69, 9.17) is 9.47 Å². The molecule has 0 N–H and O–H groups in total. The van der Waals surface area contributed by atoms with Gasteiger partial charge in [-0.05, 0) is 37.5 Å². The Hall–Kier alpha value is -1.48. The average molecular weight is 397 g/mol. The number of likely N-dealkylation sites (tertiary alicyclic amines) is 1. The molecule has 2 aliphatic rings. The highest BCUT2D eigenvalue weighted by Gasteiger charge is 2.36. The van der Waals surface area contributed by atoms with Crippen LogP contribution in [0.2, 0.25) is 0 Å². The van der Waals surface area contributed by atoms with Gasteiger partial charge in [-0.2, -0.15) is 4.31 Å². The van der Waals surface area contributed by atoms with Crippen LogP contribution >= 0.6 is 0 Å². The van der Waals surface area contributed by atoms with Crippen molar-refractivity contribution in [2.24, 2.45) is 0 Å². The van der Waals surface area contributed by atoms with Gasteiger partial charge in [0.25, 0.3) is 5.91 Å². The molecule has 1 amide bonds. The first kappa shape index (κ1) is 20.3. The first-order valence-corrected chi connectivity index (χ1v) is 11.1. The smallest absolute Gasteiger partial charge is 0.254 e. The molecule has 2 heterocycles. The van der Waals surface area contributed by atoms with Crippen LogP contribution in [0.15, 0.2) is 29.2 Å². The van der Waals surface area contributed by atoms with Crippen LogP contribution in [0.1, 0.15) is 43.5 Å². The molecule has 2 saturated heterocycles. The lowest BCUT2D eigenvalue weighted by Crippen LogP contribution is -2.50. The summed E-state index contributed by atoms with van der Waals surface area (Å²) in [4.78, 5) is 15.1. The molecule has 27 heavy (non-hydrogen) atoms. The van der Waals surface area contributed by atoms with Crippen molar-refractivity contribution in [2.45, 2.75) is 50.3 Å². The lowest BCUT2D eigenvalue weighted by molar-refractivity contribution is -0.100. The Labute approximate surface area is 161 Å². The third-order valence-corrected chi connectivity index (χ3v) is 7.24. The number of benzene rings is 1. The normalized spacial score (nSPS) is 21.7. The van der Waals surface area contributed by atoms with E-state index < -0.39 is 16.3 Å². The fourth-order valence-electron chi connectivity index (χ4n) is 3.76. The van der Waals surface area contributed by atoms with Crippen LogP contribution in [0.5, 0.6) is 0 Å². The van der Waals surface area contributed by atoms with Crippen molar-refractivity contribution in [1.82, 2.24) is 9.21 Å². The Morgan fingerprint density at radius 2 is 1.89 bits per heavy atom. The maximum absolute atomic E-state index is 13.2. The van der Waals surface area contributed by atoms with E-state index in [1.54, 1.807) is 36.9 Å². The van der Waals surface area contributed by atoms with Crippen LogP contribution in [-0.4, -0.2) is 68.7 Å². The summed E-state index contributed by atoms with van der Waals surface area (Å²) in [5, 5.41) is 0. The summed E-state index contributed by atoms with van der Waals surface area (Å²) in [5.41, 5.74) is 0.383. The minimum Gasteiger partial charge on any atom is -0.348 e. The average Bonchev–Trinajstić information content (AvgIpc) is 3.23. The summed E-state index contributed by atoms with van der Waals surface area (Å²) < 4.78 is 38.2. The molecule has 0 aliphatic carbocycles. The van der Waals surface area contributed by atoms with E-state index in [1.807, 2.05) is 0 Å². The number of piperidine rings is 1. The van der Waals surface area contributed by atoms with Crippen molar-refractivity contribution in [3.8, 4) is 0 Å². The number of amides is 1. The topological polar surface area (TPSA) is 76.2 Å². The summed E-state index contributed by atoms with van der Waals surface area (Å²) in [7, 11) is -3.60. The molecule has 0 bridgehead atoms. The first-order chi connectivity index (χ1) is 13.0. The minimum atomic E-state index is -3.60. The maximum Gasteiger partial charge on any atom is 0.254 e. The lowest BCUT2D eigenvalue weighted by Gasteiger charge is -2.38. The van der Waals surface area contributed by atoms with Gasteiger partial charge in [0, 0.05) is 25.2 Å². The molecule has 0 spiro atoms. The molecule has 8 heteroatoms. The zero-order chi connectivity index (χ0) is 19.4. The number of sulfonamides is 1. The van der Waals surface area contributed by atoms with Gasteiger partial charge >= 0.3 is 0 Å². The predicted octanol–water partition coefficient (Wildman–Crippen LogP) is 2.08. The number of hydrogen-bond acceptors (Lipinski definition) is 5. The lowest BCUT2D eigenvalue weighted by atomic mass is 10.00. The Morgan fingerprint density at radius 3 is 2.56 bits per heavy atom. The van der Waals surface area contributed by atoms with Crippen LogP contribution < -0.4 is 0 Å². The summed E-state index contributed by atoms with van der Waals surface area (Å²) >= 11 is 0. The van der Waals surface area contributed by atoms with Gasteiger partial charge in [-0.1, -0.05) is 19.9 Å². The van der Waals surface area contributed by atoms with Gasteiger partial charge in [0.05, 0.1) is 24.2 Å². The number of rotatable bonds is 6. The zero-order valence-corrected chi connectivity index (χ0v) is 16.8. The fraction of sp³-hybridized carbons (Fsp3) is 0.632. The van der Waals surface area contributed by atoms with E-state index in [0.717, 1.165) is 19.3 Å². The molecular formula is C19H28N2O5S. The number of hydrogen-bond donors (Lipinski definition) is 0. The van der Waals surface area contributed by atoms with Crippen LogP contribution in [0, 0.1) is 0 Å². The van der Waals surface area contributed by atoms with E-state index >= 15 is 0 Å². The van der Waals surface area contributed by atoms with Crippen LogP contribution in [-0.2, 0) is 19.5 Å². The highest BCUT2D eigenvalue weighted by molar-refractivity contribution is 7.89. The van der Waals surface area contributed by atoms with Gasteiger partial charge in [-0.25, -0.2) is 8.42 Å². The quantitative estimate of drug-likeness (QED) is 0.736. The number of nitrogens with zero attached hydrogens (tertiary/aromatic N) is 2. The molecule has 1 aromatic rings. The van der Waals surface area contributed by atoms with Gasteiger partial charge in [0.2, 0.25) is 10.0 Å². The summed E-state index contributed by atoms with van der Waals surface area (Å²) in [6.07, 6.45) is 2.38. The van der Waals surface area contributed by atoms with Crippen molar-refractivity contribution >= 4 is 15.9 Å². The second kappa shape index (κ2) is 8.68. The van der Waals surface area contributed by atoms with Gasteiger partial charge in [-0.3, -0.25) is 4.79 Å². The molecule has 0 radical (unpaired) electrons. The Balaban J connectivity index is 1.86. The van der Waals surface area contributed by atoms with Crippen molar-refractivity contribution in [3.63, 3.8) is 0 Å². The third kappa shape index (κ3) is 4.18. The van der Waals surface area contributed by atoms with E-state index in [0.29, 0.717) is 38.4 Å². The number of ether oxygens (including phenoxy) is 2. The van der Waals surface area contributed by atoms with Crippen LogP contribution in [0.25, 0.3) is 0 Å². The molecule has 2 fully saturated rings. The molecule has 7 nitrogen and oxygen atoms in total. The molecule has 1 aromatic carbocycles. The Kier molecular flexibility index (Phi) is 6.52. The van der Waals surface area contributed by atoms with Gasteiger partial charge in [-0.15, -0.1) is 0 Å². The molecule has 150 valence electrons. The van der Waals surface area contributed by atoms with E-state index in [-0.39, 0.29) is 16.8 Å². The summed E-state index contributed by atoms with van der Waals surface area (Å²) in [6, 6.07) is 6.20. The molecular weight excluding hydrogens is 368 g/mol. The molecule has 1 atom stereocenters. The molecule has 0 saturated carbocycles. The van der Waals surface area contributed by atoms with Crippen LogP contribution in [0.4, 0.5) is 0 Å². The highest BCUT2D eigenvalue weighted by atomic mass is 32.2. The number of carbonyl (C=O) groups excluding carboxylic acids is 1. The first-order valence-electron chi connectivity index (χ1n) is 9.63. The third-order valence-electron chi connectivity index (χ3n) is 5.20. The number of carbonyl (C=O) groups is 1. The van der Waals surface area contributed by atoms with Gasteiger partial charge in [0.1, 0.15) is 0 Å².